The van der Waals surface area contributed by atoms with E-state index in [4.69, 9.17) is 0 Å². The van der Waals surface area contributed by atoms with Gasteiger partial charge in [0.15, 0.2) is 5.69 Å². The summed E-state index contributed by atoms with van der Waals surface area (Å²) in [5.41, 5.74) is 1.20. The minimum absolute atomic E-state index is 0.121. The Morgan fingerprint density at radius 2 is 2.00 bits per heavy atom. The van der Waals surface area contributed by atoms with E-state index in [0.29, 0.717) is 12.2 Å². The molecule has 1 fully saturated rings. The third kappa shape index (κ3) is 3.97. The molecule has 0 saturated carbocycles. The highest BCUT2D eigenvalue weighted by atomic mass is 19.1. The van der Waals surface area contributed by atoms with Crippen LogP contribution in [0.5, 0.6) is 0 Å². The van der Waals surface area contributed by atoms with Crippen molar-refractivity contribution in [3.05, 3.63) is 47.5 Å². The molecule has 2 heterocycles. The van der Waals surface area contributed by atoms with Crippen LogP contribution in [0, 0.1) is 5.82 Å². The molecule has 128 valence electrons. The average molecular weight is 331 g/mol. The summed E-state index contributed by atoms with van der Waals surface area (Å²) in [6.45, 7) is 5.63. The van der Waals surface area contributed by atoms with Crippen molar-refractivity contribution in [1.82, 2.24) is 25.2 Å². The third-order valence-electron chi connectivity index (χ3n) is 4.40. The van der Waals surface area contributed by atoms with E-state index in [2.05, 4.69) is 20.5 Å². The van der Waals surface area contributed by atoms with Crippen molar-refractivity contribution in [1.29, 1.82) is 0 Å². The van der Waals surface area contributed by atoms with Crippen LogP contribution in [-0.4, -0.2) is 52.0 Å². The summed E-state index contributed by atoms with van der Waals surface area (Å²) < 4.78 is 14.6. The van der Waals surface area contributed by atoms with Crippen LogP contribution in [-0.2, 0) is 0 Å². The lowest BCUT2D eigenvalue weighted by molar-refractivity contribution is 0.0944. The van der Waals surface area contributed by atoms with Crippen molar-refractivity contribution in [2.75, 3.05) is 26.2 Å². The number of rotatable bonds is 6. The summed E-state index contributed by atoms with van der Waals surface area (Å²) in [5, 5.41) is 10.8. The second-order valence-electron chi connectivity index (χ2n) is 6.12. The molecule has 1 aliphatic rings. The van der Waals surface area contributed by atoms with Gasteiger partial charge in [-0.05, 0) is 50.6 Å². The summed E-state index contributed by atoms with van der Waals surface area (Å²) in [7, 11) is 0. The Kier molecular flexibility index (Phi) is 5.20. The van der Waals surface area contributed by atoms with E-state index in [9.17, 15) is 9.18 Å². The van der Waals surface area contributed by atoms with Crippen LogP contribution in [0.3, 0.4) is 0 Å². The molecule has 1 atom stereocenters. The molecule has 1 aromatic heterocycles. The van der Waals surface area contributed by atoms with Crippen LogP contribution in [0.2, 0.25) is 0 Å². The number of carbonyl (C=O) groups excluding carboxylic acids is 1. The Bertz CT molecular complexity index is 679. The largest absolute Gasteiger partial charge is 0.349 e. The number of amides is 1. The second kappa shape index (κ2) is 7.53. The topological polar surface area (TPSA) is 63.1 Å². The first-order valence-electron chi connectivity index (χ1n) is 8.31. The molecule has 24 heavy (non-hydrogen) atoms. The predicted molar refractivity (Wildman–Crippen MR) is 88.2 cm³/mol. The van der Waals surface area contributed by atoms with Crippen LogP contribution in [0.25, 0.3) is 0 Å². The van der Waals surface area contributed by atoms with Gasteiger partial charge >= 0.3 is 0 Å². The molecule has 3 rings (SSSR count). The molecule has 7 heteroatoms. The first-order valence-corrected chi connectivity index (χ1v) is 8.31. The van der Waals surface area contributed by atoms with E-state index >= 15 is 0 Å². The Labute approximate surface area is 140 Å². The van der Waals surface area contributed by atoms with Gasteiger partial charge in [0.1, 0.15) is 5.82 Å². The number of halogens is 1. The van der Waals surface area contributed by atoms with E-state index in [1.165, 1.54) is 25.0 Å². The Morgan fingerprint density at radius 1 is 1.29 bits per heavy atom. The number of likely N-dealkylation sites (tertiary alicyclic amines) is 1. The van der Waals surface area contributed by atoms with Crippen LogP contribution in [0.4, 0.5) is 4.39 Å². The van der Waals surface area contributed by atoms with Crippen molar-refractivity contribution >= 4 is 5.91 Å². The number of nitrogens with zero attached hydrogens (tertiary/aromatic N) is 4. The Hall–Kier alpha value is -2.28. The van der Waals surface area contributed by atoms with Crippen LogP contribution in [0.1, 0.15) is 41.9 Å². The molecular formula is C17H22FN5O. The molecule has 1 aromatic carbocycles. The lowest BCUT2D eigenvalue weighted by Gasteiger charge is -2.14. The monoisotopic (exact) mass is 331 g/mol. The first-order chi connectivity index (χ1) is 11.6. The number of aromatic nitrogens is 3. The molecule has 0 spiro atoms. The molecule has 2 aromatic rings. The molecule has 1 unspecified atom stereocenters. The molecular weight excluding hydrogens is 309 g/mol. The maximum absolute atomic E-state index is 13.0. The molecule has 1 amide bonds. The van der Waals surface area contributed by atoms with Gasteiger partial charge in [0.05, 0.1) is 12.2 Å². The van der Waals surface area contributed by atoms with Gasteiger partial charge in [-0.3, -0.25) is 4.79 Å². The highest BCUT2D eigenvalue weighted by Crippen LogP contribution is 2.17. The van der Waals surface area contributed by atoms with E-state index < -0.39 is 0 Å². The highest BCUT2D eigenvalue weighted by Gasteiger charge is 2.16. The van der Waals surface area contributed by atoms with Gasteiger partial charge in [-0.1, -0.05) is 17.3 Å². The molecule has 0 bridgehead atoms. The van der Waals surface area contributed by atoms with Crippen molar-refractivity contribution in [3.8, 4) is 0 Å². The SMILES string of the molecule is CC(c1ccc(F)cc1)n1cc(C(=O)NCCN2CCCC2)nn1. The first kappa shape index (κ1) is 16.6. The normalized spacial score (nSPS) is 16.2. The minimum atomic E-state index is -0.275. The number of carbonyl (C=O) groups is 1. The fourth-order valence-corrected chi connectivity index (χ4v) is 2.89. The number of nitrogens with one attached hydrogen (secondary N) is 1. The summed E-state index contributed by atoms with van der Waals surface area (Å²) in [5.74, 6) is -0.491. The number of hydrogen-bond acceptors (Lipinski definition) is 4. The van der Waals surface area contributed by atoms with Crippen LogP contribution < -0.4 is 5.32 Å². The molecule has 1 N–H and O–H groups in total. The zero-order valence-electron chi connectivity index (χ0n) is 13.8. The Balaban J connectivity index is 1.55. The number of benzene rings is 1. The van der Waals surface area contributed by atoms with E-state index in [-0.39, 0.29) is 17.8 Å². The fourth-order valence-electron chi connectivity index (χ4n) is 2.89. The maximum atomic E-state index is 13.0. The summed E-state index contributed by atoms with van der Waals surface area (Å²) in [6.07, 6.45) is 4.10. The van der Waals surface area contributed by atoms with Crippen molar-refractivity contribution in [2.24, 2.45) is 0 Å². The minimum Gasteiger partial charge on any atom is -0.349 e. The number of hydrogen-bond donors (Lipinski definition) is 1. The summed E-state index contributed by atoms with van der Waals surface area (Å²) in [6, 6.07) is 6.11. The molecule has 0 radical (unpaired) electrons. The van der Waals surface area contributed by atoms with Gasteiger partial charge in [0.25, 0.3) is 5.91 Å². The van der Waals surface area contributed by atoms with Crippen molar-refractivity contribution < 1.29 is 9.18 Å². The van der Waals surface area contributed by atoms with Gasteiger partial charge in [-0.25, -0.2) is 9.07 Å². The molecule has 1 aliphatic heterocycles. The van der Waals surface area contributed by atoms with Gasteiger partial charge in [0, 0.05) is 13.1 Å². The fraction of sp³-hybridized carbons (Fsp3) is 0.471. The maximum Gasteiger partial charge on any atom is 0.273 e. The van der Waals surface area contributed by atoms with Crippen molar-refractivity contribution in [3.63, 3.8) is 0 Å². The van der Waals surface area contributed by atoms with Gasteiger partial charge in [-0.2, -0.15) is 0 Å². The van der Waals surface area contributed by atoms with Crippen LogP contribution >= 0.6 is 0 Å². The van der Waals surface area contributed by atoms with E-state index in [1.54, 1.807) is 23.0 Å². The molecule has 0 aliphatic carbocycles. The highest BCUT2D eigenvalue weighted by molar-refractivity contribution is 5.91. The summed E-state index contributed by atoms with van der Waals surface area (Å²) >= 11 is 0. The van der Waals surface area contributed by atoms with E-state index in [0.717, 1.165) is 25.2 Å². The van der Waals surface area contributed by atoms with Gasteiger partial charge in [-0.15, -0.1) is 5.10 Å². The van der Waals surface area contributed by atoms with Crippen LogP contribution in [0.15, 0.2) is 30.5 Å². The van der Waals surface area contributed by atoms with Crippen molar-refractivity contribution in [2.45, 2.75) is 25.8 Å². The lowest BCUT2D eigenvalue weighted by Crippen LogP contribution is -2.33. The van der Waals surface area contributed by atoms with Gasteiger partial charge < -0.3 is 10.2 Å². The lowest BCUT2D eigenvalue weighted by atomic mass is 10.1. The molecule has 6 nitrogen and oxygen atoms in total. The van der Waals surface area contributed by atoms with E-state index in [1.807, 2.05) is 6.92 Å². The van der Waals surface area contributed by atoms with Gasteiger partial charge in [0.2, 0.25) is 0 Å². The quantitative estimate of drug-likeness (QED) is 0.877. The predicted octanol–water partition coefficient (Wildman–Crippen LogP) is 1.85. The smallest absolute Gasteiger partial charge is 0.273 e. The zero-order valence-corrected chi connectivity index (χ0v) is 13.8. The Morgan fingerprint density at radius 3 is 2.71 bits per heavy atom. The average Bonchev–Trinajstić information content (AvgIpc) is 3.26. The second-order valence-corrected chi connectivity index (χ2v) is 6.12. The third-order valence-corrected chi connectivity index (χ3v) is 4.40. The standard InChI is InChI=1S/C17H22FN5O/c1-13(14-4-6-15(18)7-5-14)23-12-16(20-21-23)17(24)19-8-11-22-9-2-3-10-22/h4-7,12-13H,2-3,8-11H2,1H3,(H,19,24). The summed E-state index contributed by atoms with van der Waals surface area (Å²) in [4.78, 5) is 14.5. The molecule has 1 saturated heterocycles. The zero-order chi connectivity index (χ0) is 16.9.